The monoisotopic (exact) mass is 825 g/mol. The van der Waals surface area contributed by atoms with E-state index in [0.717, 1.165) is 71.8 Å². The van der Waals surface area contributed by atoms with Gasteiger partial charge in [0.15, 0.2) is 22.5 Å². The second kappa shape index (κ2) is 12.7. The van der Waals surface area contributed by atoms with Crippen LogP contribution in [0.3, 0.4) is 0 Å². The van der Waals surface area contributed by atoms with E-state index in [1.54, 1.807) is 0 Å². The molecule has 2 aliphatic rings. The molecule has 5 heterocycles. The molecule has 0 saturated carbocycles. The Labute approximate surface area is 360 Å². The van der Waals surface area contributed by atoms with E-state index in [0.29, 0.717) is 49.9 Å². The Morgan fingerprint density at radius 2 is 0.730 bits per heavy atom. The molecule has 63 heavy (non-hydrogen) atoms. The fourth-order valence-electron chi connectivity index (χ4n) is 9.97. The van der Waals surface area contributed by atoms with Gasteiger partial charge < -0.3 is 9.13 Å². The molecule has 2 aliphatic heterocycles. The maximum atomic E-state index is 17.5. The van der Waals surface area contributed by atoms with Crippen LogP contribution in [0.5, 0.6) is 0 Å². The van der Waals surface area contributed by atoms with Crippen LogP contribution in [0.15, 0.2) is 194 Å². The van der Waals surface area contributed by atoms with Crippen molar-refractivity contribution in [2.75, 3.05) is 9.80 Å². The van der Waals surface area contributed by atoms with Gasteiger partial charge in [0.2, 0.25) is 7.14 Å². The lowest BCUT2D eigenvalue weighted by Gasteiger charge is -2.42. The topological polar surface area (TPSA) is 80.0 Å². The van der Waals surface area contributed by atoms with Crippen LogP contribution in [0.2, 0.25) is 0 Å². The first-order valence-corrected chi connectivity index (χ1v) is 22.7. The van der Waals surface area contributed by atoms with Crippen LogP contribution >= 0.6 is 7.14 Å². The second-order valence-electron chi connectivity index (χ2n) is 16.3. The first kappa shape index (κ1) is 34.5. The molecule has 9 aromatic carbocycles. The van der Waals surface area contributed by atoms with Gasteiger partial charge >= 0.3 is 0 Å². The van der Waals surface area contributed by atoms with Crippen LogP contribution in [0.25, 0.3) is 71.1 Å². The number of aromatic nitrogens is 5. The Balaban J connectivity index is 1.19. The zero-order valence-corrected chi connectivity index (χ0v) is 34.4. The fraction of sp³-hybridized carbons (Fsp3) is 0. The highest BCUT2D eigenvalue weighted by molar-refractivity contribution is 7.86. The molecule has 0 radical (unpaired) electrons. The molecule has 14 rings (SSSR count). The van der Waals surface area contributed by atoms with E-state index >= 15 is 4.57 Å². The number of hydrogen-bond donors (Lipinski definition) is 0. The third-order valence-electron chi connectivity index (χ3n) is 12.7. The average molecular weight is 826 g/mol. The van der Waals surface area contributed by atoms with Crippen LogP contribution in [-0.4, -0.2) is 24.5 Å². The van der Waals surface area contributed by atoms with Gasteiger partial charge in [0.1, 0.15) is 0 Å². The van der Waals surface area contributed by atoms with Crippen molar-refractivity contribution in [3.8, 4) is 5.69 Å². The minimum atomic E-state index is -3.99. The van der Waals surface area contributed by atoms with Gasteiger partial charge in [-0.1, -0.05) is 121 Å². The molecule has 0 saturated heterocycles. The lowest BCUT2D eigenvalue weighted by molar-refractivity contribution is 0.591. The zero-order valence-electron chi connectivity index (χ0n) is 33.5. The number of rotatable bonds is 3. The van der Waals surface area contributed by atoms with Crippen molar-refractivity contribution in [1.29, 1.82) is 0 Å². The fourth-order valence-corrected chi connectivity index (χ4v) is 12.9. The largest absolute Gasteiger partial charge is 0.309 e. The summed E-state index contributed by atoms with van der Waals surface area (Å²) in [6.45, 7) is 0. The molecule has 0 N–H and O–H groups in total. The van der Waals surface area contributed by atoms with E-state index in [-0.39, 0.29) is 0 Å². The van der Waals surface area contributed by atoms with E-state index in [1.165, 1.54) is 0 Å². The number of benzene rings is 9. The minimum absolute atomic E-state index is 0.385. The summed E-state index contributed by atoms with van der Waals surface area (Å²) < 4.78 is 19.8. The Morgan fingerprint density at radius 1 is 0.365 bits per heavy atom. The molecule has 0 spiro atoms. The SMILES string of the molecule is O=P12c3nc4cc5ccccc5cc4nc3N(c3ccccc3)c3cc(-n4c5ccccc5c5ccccc54)cc(c31)N(c1ccccc1)c1nc3cc4ccccc4cc3nc12. The van der Waals surface area contributed by atoms with Gasteiger partial charge in [-0.3, -0.25) is 9.80 Å². The van der Waals surface area contributed by atoms with Crippen molar-refractivity contribution in [2.24, 2.45) is 0 Å². The van der Waals surface area contributed by atoms with E-state index in [4.69, 9.17) is 19.9 Å². The number of hydrogen-bond acceptors (Lipinski definition) is 7. The summed E-state index contributed by atoms with van der Waals surface area (Å²) in [5.41, 5.74) is 9.77. The van der Waals surface area contributed by atoms with Crippen LogP contribution < -0.4 is 26.0 Å². The molecular weight excluding hydrogens is 794 g/mol. The summed E-state index contributed by atoms with van der Waals surface area (Å²) in [7, 11) is -3.99. The van der Waals surface area contributed by atoms with Crippen molar-refractivity contribution >= 4 is 123 Å². The summed E-state index contributed by atoms with van der Waals surface area (Å²) in [5.74, 6) is 1.01. The predicted octanol–water partition coefficient (Wildman–Crippen LogP) is 12.2. The number of nitrogens with zero attached hydrogens (tertiary/aromatic N) is 7. The van der Waals surface area contributed by atoms with Crippen molar-refractivity contribution in [2.45, 2.75) is 0 Å². The van der Waals surface area contributed by atoms with Gasteiger partial charge in [0, 0.05) is 22.1 Å². The minimum Gasteiger partial charge on any atom is -0.309 e. The molecule has 8 nitrogen and oxygen atoms in total. The van der Waals surface area contributed by atoms with Crippen LogP contribution in [0.4, 0.5) is 34.4 Å². The molecule has 0 fully saturated rings. The van der Waals surface area contributed by atoms with E-state index in [9.17, 15) is 0 Å². The Kier molecular flexibility index (Phi) is 6.94. The van der Waals surface area contributed by atoms with Gasteiger partial charge in [0.25, 0.3) is 0 Å². The van der Waals surface area contributed by atoms with Gasteiger partial charge in [-0.05, 0) is 94.3 Å². The first-order valence-electron chi connectivity index (χ1n) is 21.0. The standard InChI is InChI=1S/C54H32N7OP/c62-63-50-48(60(37-19-3-1-4-20-37)51-53(63)57-44-29-35-17-9-7-15-33(35)27-42(44)55-51)31-39(59-46-25-13-11-23-40(46)41-24-12-14-26-47(41)59)32-49(50)61(38-21-5-2-6-22-38)52-54(63)58-45-30-36-18-10-8-16-34(36)28-43(45)56-52/h1-32H. The highest BCUT2D eigenvalue weighted by atomic mass is 31.2. The molecule has 0 unspecified atom stereocenters. The van der Waals surface area contributed by atoms with Gasteiger partial charge in [-0.15, -0.1) is 0 Å². The van der Waals surface area contributed by atoms with E-state index < -0.39 is 7.14 Å². The molecule has 0 amide bonds. The van der Waals surface area contributed by atoms with Crippen molar-refractivity contribution in [3.63, 3.8) is 0 Å². The molecule has 9 heteroatoms. The number of para-hydroxylation sites is 4. The Morgan fingerprint density at radius 3 is 1.16 bits per heavy atom. The van der Waals surface area contributed by atoms with Crippen molar-refractivity contribution in [3.05, 3.63) is 194 Å². The Bertz CT molecular complexity index is 3730. The molecule has 294 valence electrons. The molecule has 12 aromatic rings. The third-order valence-corrected chi connectivity index (χ3v) is 15.6. The molecular formula is C54H32N7OP. The maximum Gasteiger partial charge on any atom is 0.217 e. The number of fused-ring (bicyclic) bond motifs is 11. The van der Waals surface area contributed by atoms with Gasteiger partial charge in [-0.2, -0.15) is 0 Å². The second-order valence-corrected chi connectivity index (χ2v) is 18.8. The zero-order chi connectivity index (χ0) is 41.4. The normalized spacial score (nSPS) is 13.8. The summed E-state index contributed by atoms with van der Waals surface area (Å²) in [6.07, 6.45) is 0. The van der Waals surface area contributed by atoms with E-state index in [2.05, 4.69) is 148 Å². The van der Waals surface area contributed by atoms with Gasteiger partial charge in [0.05, 0.1) is 55.5 Å². The van der Waals surface area contributed by atoms with Gasteiger partial charge in [-0.25, -0.2) is 19.9 Å². The molecule has 0 aliphatic carbocycles. The van der Waals surface area contributed by atoms with Crippen LogP contribution in [0.1, 0.15) is 0 Å². The maximum absolute atomic E-state index is 17.5. The summed E-state index contributed by atoms with van der Waals surface area (Å²) in [6, 6.07) is 66.6. The highest BCUT2D eigenvalue weighted by Crippen LogP contribution is 2.61. The smallest absolute Gasteiger partial charge is 0.217 e. The third kappa shape index (κ3) is 4.78. The molecule has 0 bridgehead atoms. The quantitative estimate of drug-likeness (QED) is 0.130. The van der Waals surface area contributed by atoms with Crippen LogP contribution in [-0.2, 0) is 4.57 Å². The van der Waals surface area contributed by atoms with Crippen molar-refractivity contribution < 1.29 is 4.57 Å². The first-order chi connectivity index (χ1) is 31.1. The van der Waals surface area contributed by atoms with Crippen molar-refractivity contribution in [1.82, 2.24) is 24.5 Å². The molecule has 0 atom stereocenters. The predicted molar refractivity (Wildman–Crippen MR) is 258 cm³/mol. The summed E-state index contributed by atoms with van der Waals surface area (Å²) in [4.78, 5) is 26.2. The molecule has 3 aromatic heterocycles. The number of anilines is 6. The lowest BCUT2D eigenvalue weighted by atomic mass is 10.1. The summed E-state index contributed by atoms with van der Waals surface area (Å²) >= 11 is 0. The lowest BCUT2D eigenvalue weighted by Crippen LogP contribution is -2.45. The van der Waals surface area contributed by atoms with Crippen LogP contribution in [0, 0.1) is 0 Å². The Hall–Kier alpha value is -8.19. The highest BCUT2D eigenvalue weighted by Gasteiger charge is 2.53. The van der Waals surface area contributed by atoms with E-state index in [1.807, 2.05) is 60.7 Å². The summed E-state index contributed by atoms with van der Waals surface area (Å²) in [5, 5.41) is 7.10. The average Bonchev–Trinajstić information content (AvgIpc) is 3.67.